The first-order valence-corrected chi connectivity index (χ1v) is 7.38. The molecule has 0 heteroatoms. The van der Waals surface area contributed by atoms with E-state index in [1.54, 1.807) is 0 Å². The molecule has 0 heterocycles. The van der Waals surface area contributed by atoms with Gasteiger partial charge in [0.05, 0.1) is 0 Å². The Morgan fingerprint density at radius 1 is 1.22 bits per heavy atom. The van der Waals surface area contributed by atoms with Crippen LogP contribution in [0.15, 0.2) is 30.3 Å². The van der Waals surface area contributed by atoms with Crippen LogP contribution < -0.4 is 0 Å². The monoisotopic (exact) mass is 242 g/mol. The molecule has 0 amide bonds. The minimum Gasteiger partial charge on any atom is -0.0780 e. The summed E-state index contributed by atoms with van der Waals surface area (Å²) >= 11 is 0. The van der Waals surface area contributed by atoms with Gasteiger partial charge in [-0.15, -0.1) is 0 Å². The topological polar surface area (TPSA) is 0 Å². The Hall–Kier alpha value is -1.04. The molecule has 0 aliphatic heterocycles. The molecule has 1 aliphatic rings. The molecule has 1 aromatic carbocycles. The fourth-order valence-electron chi connectivity index (χ4n) is 2.98. The van der Waals surface area contributed by atoms with Gasteiger partial charge in [-0.1, -0.05) is 56.7 Å². The normalized spacial score (nSPS) is 28.7. The summed E-state index contributed by atoms with van der Waals surface area (Å²) in [6, 6.07) is 8.65. The molecule has 0 bridgehead atoms. The molecule has 1 saturated carbocycles. The van der Waals surface area contributed by atoms with Crippen molar-refractivity contribution in [3.63, 3.8) is 0 Å². The summed E-state index contributed by atoms with van der Waals surface area (Å²) in [6.45, 7) is 6.94. The van der Waals surface area contributed by atoms with Crippen molar-refractivity contribution in [3.8, 4) is 0 Å². The molecule has 1 aromatic rings. The standard InChI is InChI=1S/C18H26/c1-4-16-9-12-18(3,13-10-16)14-11-17-8-6-5-7-15(17)2/h5-8,11,14,16H,4,9-10,12-13H2,1-3H3/b14-11+. The molecular weight excluding hydrogens is 216 g/mol. The quantitative estimate of drug-likeness (QED) is 0.646. The van der Waals surface area contributed by atoms with Crippen LogP contribution in [0, 0.1) is 18.3 Å². The van der Waals surface area contributed by atoms with Gasteiger partial charge in [-0.3, -0.25) is 0 Å². The van der Waals surface area contributed by atoms with E-state index in [2.05, 4.69) is 57.2 Å². The van der Waals surface area contributed by atoms with E-state index in [9.17, 15) is 0 Å². The molecule has 0 nitrogen and oxygen atoms in total. The summed E-state index contributed by atoms with van der Waals surface area (Å²) in [5.41, 5.74) is 3.17. The molecule has 0 unspecified atom stereocenters. The molecule has 1 fully saturated rings. The highest BCUT2D eigenvalue weighted by Crippen LogP contribution is 2.41. The average Bonchev–Trinajstić information content (AvgIpc) is 2.39. The summed E-state index contributed by atoms with van der Waals surface area (Å²) in [5.74, 6) is 0.977. The van der Waals surface area contributed by atoms with E-state index in [0.29, 0.717) is 5.41 Å². The predicted octanol–water partition coefficient (Wildman–Crippen LogP) is 5.61. The van der Waals surface area contributed by atoms with Crippen LogP contribution in [0.1, 0.15) is 57.1 Å². The van der Waals surface area contributed by atoms with E-state index in [1.807, 2.05) is 0 Å². The molecule has 1 aliphatic carbocycles. The van der Waals surface area contributed by atoms with Gasteiger partial charge in [0.25, 0.3) is 0 Å². The van der Waals surface area contributed by atoms with Crippen LogP contribution in [0.4, 0.5) is 0 Å². The Bertz CT molecular complexity index is 406. The van der Waals surface area contributed by atoms with Gasteiger partial charge in [0.1, 0.15) is 0 Å². The van der Waals surface area contributed by atoms with Gasteiger partial charge in [0.2, 0.25) is 0 Å². The fraction of sp³-hybridized carbons (Fsp3) is 0.556. The third-order valence-corrected chi connectivity index (χ3v) is 4.68. The minimum atomic E-state index is 0.425. The highest BCUT2D eigenvalue weighted by atomic mass is 14.3. The highest BCUT2D eigenvalue weighted by Gasteiger charge is 2.27. The van der Waals surface area contributed by atoms with Crippen molar-refractivity contribution in [2.45, 2.75) is 52.9 Å². The minimum absolute atomic E-state index is 0.425. The second-order valence-corrected chi connectivity index (χ2v) is 6.20. The summed E-state index contributed by atoms with van der Waals surface area (Å²) < 4.78 is 0. The Kier molecular flexibility index (Phi) is 4.27. The number of aryl methyl sites for hydroxylation is 1. The van der Waals surface area contributed by atoms with Crippen LogP contribution in [0.2, 0.25) is 0 Å². The van der Waals surface area contributed by atoms with Gasteiger partial charge in [0.15, 0.2) is 0 Å². The van der Waals surface area contributed by atoms with Crippen LogP contribution in [0.3, 0.4) is 0 Å². The number of rotatable bonds is 3. The highest BCUT2D eigenvalue weighted by molar-refractivity contribution is 5.54. The van der Waals surface area contributed by atoms with Crippen molar-refractivity contribution in [1.29, 1.82) is 0 Å². The van der Waals surface area contributed by atoms with Crippen LogP contribution >= 0.6 is 0 Å². The van der Waals surface area contributed by atoms with E-state index in [-0.39, 0.29) is 0 Å². The van der Waals surface area contributed by atoms with Crippen molar-refractivity contribution >= 4 is 6.08 Å². The first kappa shape index (κ1) is 13.4. The Morgan fingerprint density at radius 2 is 1.89 bits per heavy atom. The van der Waals surface area contributed by atoms with E-state index >= 15 is 0 Å². The largest absolute Gasteiger partial charge is 0.0780 e. The van der Waals surface area contributed by atoms with Crippen LogP contribution in [0.25, 0.3) is 6.08 Å². The van der Waals surface area contributed by atoms with Crippen LogP contribution in [-0.2, 0) is 0 Å². The summed E-state index contributed by atoms with van der Waals surface area (Å²) in [6.07, 6.45) is 11.7. The predicted molar refractivity (Wildman–Crippen MR) is 80.6 cm³/mol. The average molecular weight is 242 g/mol. The Balaban J connectivity index is 2.03. The maximum absolute atomic E-state index is 2.46. The number of hydrogen-bond acceptors (Lipinski definition) is 0. The first-order chi connectivity index (χ1) is 8.63. The Labute approximate surface area is 112 Å². The molecule has 18 heavy (non-hydrogen) atoms. The van der Waals surface area contributed by atoms with Gasteiger partial charge < -0.3 is 0 Å². The lowest BCUT2D eigenvalue weighted by molar-refractivity contribution is 0.219. The number of allylic oxidation sites excluding steroid dienone is 1. The SMILES string of the molecule is CCC1CCC(C)(/C=C/c2ccccc2C)CC1. The molecule has 0 spiro atoms. The molecule has 0 saturated heterocycles. The third kappa shape index (κ3) is 3.25. The third-order valence-electron chi connectivity index (χ3n) is 4.68. The molecule has 0 aromatic heterocycles. The lowest BCUT2D eigenvalue weighted by atomic mass is 9.71. The zero-order valence-corrected chi connectivity index (χ0v) is 12.1. The molecular formula is C18H26. The second kappa shape index (κ2) is 5.73. The van der Waals surface area contributed by atoms with Crippen molar-refractivity contribution in [2.24, 2.45) is 11.3 Å². The van der Waals surface area contributed by atoms with Gasteiger partial charge in [-0.25, -0.2) is 0 Å². The van der Waals surface area contributed by atoms with Crippen LogP contribution in [-0.4, -0.2) is 0 Å². The van der Waals surface area contributed by atoms with Gasteiger partial charge >= 0.3 is 0 Å². The van der Waals surface area contributed by atoms with Crippen molar-refractivity contribution < 1.29 is 0 Å². The molecule has 0 N–H and O–H groups in total. The fourth-order valence-corrected chi connectivity index (χ4v) is 2.98. The van der Waals surface area contributed by atoms with Crippen LogP contribution in [0.5, 0.6) is 0 Å². The van der Waals surface area contributed by atoms with Gasteiger partial charge in [0, 0.05) is 0 Å². The Morgan fingerprint density at radius 3 is 2.50 bits per heavy atom. The smallest absolute Gasteiger partial charge is 0.0143 e. The second-order valence-electron chi connectivity index (χ2n) is 6.20. The lowest BCUT2D eigenvalue weighted by Gasteiger charge is -2.35. The van der Waals surface area contributed by atoms with E-state index in [4.69, 9.17) is 0 Å². The van der Waals surface area contributed by atoms with E-state index in [1.165, 1.54) is 43.2 Å². The van der Waals surface area contributed by atoms with Gasteiger partial charge in [-0.05, 0) is 55.1 Å². The van der Waals surface area contributed by atoms with Crippen molar-refractivity contribution in [2.75, 3.05) is 0 Å². The number of hydrogen-bond donors (Lipinski definition) is 0. The van der Waals surface area contributed by atoms with Crippen molar-refractivity contribution in [3.05, 3.63) is 41.5 Å². The summed E-state index contributed by atoms with van der Waals surface area (Å²) in [7, 11) is 0. The van der Waals surface area contributed by atoms with E-state index < -0.39 is 0 Å². The zero-order chi connectivity index (χ0) is 13.0. The first-order valence-electron chi connectivity index (χ1n) is 7.38. The molecule has 98 valence electrons. The summed E-state index contributed by atoms with van der Waals surface area (Å²) in [4.78, 5) is 0. The zero-order valence-electron chi connectivity index (χ0n) is 12.1. The maximum Gasteiger partial charge on any atom is -0.0143 e. The van der Waals surface area contributed by atoms with Crippen molar-refractivity contribution in [1.82, 2.24) is 0 Å². The molecule has 0 radical (unpaired) electrons. The maximum atomic E-state index is 2.46. The molecule has 0 atom stereocenters. The number of benzene rings is 1. The van der Waals surface area contributed by atoms with Gasteiger partial charge in [-0.2, -0.15) is 0 Å². The van der Waals surface area contributed by atoms with E-state index in [0.717, 1.165) is 5.92 Å². The molecule has 2 rings (SSSR count). The lowest BCUT2D eigenvalue weighted by Crippen LogP contribution is -2.22. The summed E-state index contributed by atoms with van der Waals surface area (Å²) in [5, 5.41) is 0.